The standard InChI is InChI=1S/C33H30FN3O5/c1-18-15-22(34)9-12-24(18)29-19(2)37(4)20(3)30(32(29)39)26(38)16-21-7-10-23(11-8-21)42-27-13-14-35-25-17-28(40-5)33(41-6)36-31(25)27/h7-15,17H,16H2,1-6H3. The Labute approximate surface area is 242 Å². The first-order valence-electron chi connectivity index (χ1n) is 13.3. The van der Waals surface area contributed by atoms with Gasteiger partial charge < -0.3 is 18.8 Å². The zero-order valence-electron chi connectivity index (χ0n) is 24.2. The van der Waals surface area contributed by atoms with Gasteiger partial charge in [-0.25, -0.2) is 9.37 Å². The average molecular weight is 568 g/mol. The lowest BCUT2D eigenvalue weighted by Gasteiger charge is -2.18. The lowest BCUT2D eigenvalue weighted by molar-refractivity contribution is 0.0990. The molecule has 0 aliphatic heterocycles. The smallest absolute Gasteiger partial charge is 0.257 e. The van der Waals surface area contributed by atoms with E-state index in [9.17, 15) is 14.0 Å². The quantitative estimate of drug-likeness (QED) is 0.203. The van der Waals surface area contributed by atoms with Crippen LogP contribution in [0.3, 0.4) is 0 Å². The number of rotatable bonds is 8. The van der Waals surface area contributed by atoms with E-state index in [2.05, 4.69) is 9.97 Å². The SMILES string of the molecule is COc1cc2nccc(Oc3ccc(CC(=O)c4c(C)n(C)c(C)c(-c5ccc(F)cc5C)c4=O)cc3)c2nc1OC. The van der Waals surface area contributed by atoms with Crippen LogP contribution >= 0.6 is 0 Å². The summed E-state index contributed by atoms with van der Waals surface area (Å²) in [7, 11) is 4.85. The van der Waals surface area contributed by atoms with Crippen molar-refractivity contribution in [2.75, 3.05) is 14.2 Å². The van der Waals surface area contributed by atoms with Gasteiger partial charge in [0.15, 0.2) is 17.3 Å². The third-order valence-electron chi connectivity index (χ3n) is 7.46. The van der Waals surface area contributed by atoms with E-state index in [4.69, 9.17) is 14.2 Å². The minimum atomic E-state index is -0.380. The molecular weight excluding hydrogens is 537 g/mol. The van der Waals surface area contributed by atoms with Crippen molar-refractivity contribution in [2.45, 2.75) is 27.2 Å². The van der Waals surface area contributed by atoms with Crippen LogP contribution in [0.15, 0.2) is 65.6 Å². The zero-order valence-corrected chi connectivity index (χ0v) is 24.2. The van der Waals surface area contributed by atoms with Crippen molar-refractivity contribution in [2.24, 2.45) is 7.05 Å². The number of hydrogen-bond donors (Lipinski definition) is 0. The fourth-order valence-corrected chi connectivity index (χ4v) is 5.06. The number of hydrogen-bond acceptors (Lipinski definition) is 7. The number of fused-ring (bicyclic) bond motifs is 1. The lowest BCUT2D eigenvalue weighted by Crippen LogP contribution is -2.26. The van der Waals surface area contributed by atoms with Crippen LogP contribution in [0.2, 0.25) is 0 Å². The molecule has 3 aromatic heterocycles. The summed E-state index contributed by atoms with van der Waals surface area (Å²) in [5.74, 6) is 1.11. The molecule has 0 saturated carbocycles. The van der Waals surface area contributed by atoms with Crippen molar-refractivity contribution in [1.82, 2.24) is 14.5 Å². The van der Waals surface area contributed by atoms with Crippen LogP contribution in [0.4, 0.5) is 4.39 Å². The Bertz CT molecular complexity index is 1900. The number of pyridine rings is 3. The van der Waals surface area contributed by atoms with Crippen LogP contribution < -0.4 is 19.6 Å². The summed E-state index contributed by atoms with van der Waals surface area (Å²) in [6, 6.07) is 14.8. The minimum Gasteiger partial charge on any atom is -0.491 e. The third kappa shape index (κ3) is 5.21. The molecule has 9 heteroatoms. The molecule has 5 rings (SSSR count). The van der Waals surface area contributed by atoms with Gasteiger partial charge in [-0.1, -0.05) is 18.2 Å². The first kappa shape index (κ1) is 28.5. The Morgan fingerprint density at radius 2 is 1.67 bits per heavy atom. The van der Waals surface area contributed by atoms with E-state index >= 15 is 0 Å². The molecule has 2 aromatic carbocycles. The van der Waals surface area contributed by atoms with E-state index in [1.54, 1.807) is 62.5 Å². The Hall–Kier alpha value is -5.05. The lowest BCUT2D eigenvalue weighted by atomic mass is 9.93. The van der Waals surface area contributed by atoms with Gasteiger partial charge in [-0.05, 0) is 61.7 Å². The van der Waals surface area contributed by atoms with Gasteiger partial charge in [0.05, 0.1) is 25.3 Å². The Balaban J connectivity index is 1.42. The van der Waals surface area contributed by atoms with E-state index in [1.807, 2.05) is 18.5 Å². The molecule has 0 atom stereocenters. The topological polar surface area (TPSA) is 92.5 Å². The monoisotopic (exact) mass is 567 g/mol. The molecule has 0 unspecified atom stereocenters. The fraction of sp³-hybridized carbons (Fsp3) is 0.212. The second-order valence-corrected chi connectivity index (χ2v) is 9.99. The second-order valence-electron chi connectivity index (χ2n) is 9.99. The van der Waals surface area contributed by atoms with Gasteiger partial charge in [-0.2, -0.15) is 0 Å². The molecule has 0 amide bonds. The van der Waals surface area contributed by atoms with Gasteiger partial charge in [0, 0.05) is 48.7 Å². The van der Waals surface area contributed by atoms with Crippen molar-refractivity contribution in [3.8, 4) is 34.3 Å². The van der Waals surface area contributed by atoms with Crippen molar-refractivity contribution in [3.05, 3.63) is 105 Å². The number of benzene rings is 2. The molecule has 214 valence electrons. The Morgan fingerprint density at radius 1 is 0.929 bits per heavy atom. The predicted molar refractivity (Wildman–Crippen MR) is 158 cm³/mol. The minimum absolute atomic E-state index is 0.0258. The van der Waals surface area contributed by atoms with E-state index in [0.29, 0.717) is 62.2 Å². The van der Waals surface area contributed by atoms with E-state index in [1.165, 1.54) is 26.4 Å². The number of ether oxygens (including phenoxy) is 3. The predicted octanol–water partition coefficient (Wildman–Crippen LogP) is 6.29. The molecular formula is C33H30FN3O5. The molecule has 0 radical (unpaired) electrons. The Kier molecular flexibility index (Phi) is 7.76. The largest absolute Gasteiger partial charge is 0.491 e. The summed E-state index contributed by atoms with van der Waals surface area (Å²) in [4.78, 5) is 36.1. The summed E-state index contributed by atoms with van der Waals surface area (Å²) in [5.41, 5.74) is 4.51. The van der Waals surface area contributed by atoms with Crippen LogP contribution in [0, 0.1) is 26.6 Å². The molecule has 0 fully saturated rings. The van der Waals surface area contributed by atoms with Gasteiger partial charge in [-0.3, -0.25) is 14.6 Å². The molecule has 0 spiro atoms. The highest BCUT2D eigenvalue weighted by Crippen LogP contribution is 2.34. The maximum atomic E-state index is 13.8. The molecule has 3 heterocycles. The molecule has 0 aliphatic carbocycles. The van der Waals surface area contributed by atoms with Crippen LogP contribution in [0.5, 0.6) is 23.1 Å². The maximum Gasteiger partial charge on any atom is 0.257 e. The molecule has 0 N–H and O–H groups in total. The normalized spacial score (nSPS) is 11.0. The number of Topliss-reactive ketones (excluding diaryl/α,β-unsaturated/α-hetero) is 1. The number of carbonyl (C=O) groups excluding carboxylic acids is 1. The molecule has 0 aliphatic rings. The van der Waals surface area contributed by atoms with Crippen molar-refractivity contribution >= 4 is 16.8 Å². The summed E-state index contributed by atoms with van der Waals surface area (Å²) in [5, 5.41) is 0. The third-order valence-corrected chi connectivity index (χ3v) is 7.46. The fourth-order valence-electron chi connectivity index (χ4n) is 5.06. The average Bonchev–Trinajstić information content (AvgIpc) is 2.97. The highest BCUT2D eigenvalue weighted by Gasteiger charge is 2.23. The second kappa shape index (κ2) is 11.4. The summed E-state index contributed by atoms with van der Waals surface area (Å²) in [6.45, 7) is 5.34. The van der Waals surface area contributed by atoms with Crippen molar-refractivity contribution in [3.63, 3.8) is 0 Å². The summed E-state index contributed by atoms with van der Waals surface area (Å²) in [6.07, 6.45) is 1.64. The number of aromatic nitrogens is 3. The maximum absolute atomic E-state index is 13.8. The van der Waals surface area contributed by atoms with Crippen molar-refractivity contribution in [1.29, 1.82) is 0 Å². The van der Waals surface area contributed by atoms with E-state index in [0.717, 1.165) is 5.56 Å². The number of halogens is 1. The number of aryl methyl sites for hydroxylation is 1. The van der Waals surface area contributed by atoms with Gasteiger partial charge in [0.1, 0.15) is 17.1 Å². The number of carbonyl (C=O) groups is 1. The van der Waals surface area contributed by atoms with Gasteiger partial charge >= 0.3 is 0 Å². The number of nitrogens with zero attached hydrogens (tertiary/aromatic N) is 3. The highest BCUT2D eigenvalue weighted by molar-refractivity contribution is 5.99. The van der Waals surface area contributed by atoms with Crippen LogP contribution in [-0.4, -0.2) is 34.5 Å². The van der Waals surface area contributed by atoms with Crippen molar-refractivity contribution < 1.29 is 23.4 Å². The van der Waals surface area contributed by atoms with Gasteiger partial charge in [0.2, 0.25) is 5.43 Å². The van der Waals surface area contributed by atoms with E-state index < -0.39 is 0 Å². The summed E-state index contributed by atoms with van der Waals surface area (Å²) < 4.78 is 32.3. The van der Waals surface area contributed by atoms with E-state index in [-0.39, 0.29) is 29.0 Å². The number of ketones is 1. The number of methoxy groups -OCH3 is 2. The Morgan fingerprint density at radius 3 is 2.33 bits per heavy atom. The highest BCUT2D eigenvalue weighted by atomic mass is 19.1. The van der Waals surface area contributed by atoms with Crippen LogP contribution in [0.1, 0.15) is 32.9 Å². The van der Waals surface area contributed by atoms with Crippen LogP contribution in [0.25, 0.3) is 22.2 Å². The molecule has 0 saturated heterocycles. The van der Waals surface area contributed by atoms with Gasteiger partial charge in [-0.15, -0.1) is 0 Å². The first-order valence-corrected chi connectivity index (χ1v) is 13.3. The summed E-state index contributed by atoms with van der Waals surface area (Å²) >= 11 is 0. The molecule has 42 heavy (non-hydrogen) atoms. The molecule has 8 nitrogen and oxygen atoms in total. The van der Waals surface area contributed by atoms with Gasteiger partial charge in [0.25, 0.3) is 5.88 Å². The van der Waals surface area contributed by atoms with Crippen LogP contribution in [-0.2, 0) is 13.5 Å². The zero-order chi connectivity index (χ0) is 30.1. The first-order chi connectivity index (χ1) is 20.1. The molecule has 0 bridgehead atoms. The molecule has 5 aromatic rings.